The number of rotatable bonds is 5. The third kappa shape index (κ3) is 4.55. The monoisotopic (exact) mass is 588 g/mol. The number of fused-ring (bicyclic) bond motifs is 3. The molecule has 1 saturated heterocycles. The molecule has 1 aliphatic heterocycles. The molecule has 2 aliphatic rings. The van der Waals surface area contributed by atoms with Crippen molar-refractivity contribution in [3.05, 3.63) is 77.7 Å². The Bertz CT molecular complexity index is 1710. The molecule has 1 aromatic carbocycles. The summed E-state index contributed by atoms with van der Waals surface area (Å²) in [5, 5.41) is 3.24. The van der Waals surface area contributed by atoms with Gasteiger partial charge in [0, 0.05) is 54.2 Å². The molecule has 0 radical (unpaired) electrons. The Morgan fingerprint density at radius 2 is 1.85 bits per heavy atom. The second-order valence-electron chi connectivity index (χ2n) is 11.8. The lowest BCUT2D eigenvalue weighted by atomic mass is 9.72. The number of nitrogens with one attached hydrogen (secondary N) is 1. The lowest BCUT2D eigenvalue weighted by Crippen LogP contribution is -2.60. The average molecular weight is 589 g/mol. The maximum atomic E-state index is 13.4. The van der Waals surface area contributed by atoms with E-state index < -0.39 is 11.0 Å². The van der Waals surface area contributed by atoms with Gasteiger partial charge in [-0.2, -0.15) is 0 Å². The van der Waals surface area contributed by atoms with Crippen molar-refractivity contribution in [2.24, 2.45) is 5.41 Å². The number of pyridine rings is 1. The van der Waals surface area contributed by atoms with E-state index in [1.807, 2.05) is 45.6 Å². The summed E-state index contributed by atoms with van der Waals surface area (Å²) >= 11 is 3.33. The Hall–Kier alpha value is -2.79. The van der Waals surface area contributed by atoms with Gasteiger partial charge in [0.2, 0.25) is 5.95 Å². The average Bonchev–Trinajstić information content (AvgIpc) is 3.69. The lowest BCUT2D eigenvalue weighted by Gasteiger charge is -2.47. The third-order valence-electron chi connectivity index (χ3n) is 8.24. The molecule has 7 rings (SSSR count). The SMILES string of the molecule is CC(C)(C)[S@](=O)NC1CN(c2ncc(Sc3ccnc4sccc34)c3nccn23)CCC12Cc1ccccc1C2. The standard InChI is InChI=1S/C30H32N6OS3/c1-29(2,3)40(37)34-25-19-35(13-10-30(25)16-20-6-4-5-7-21(20)17-30)28-33-18-24(26-31-12-14-36(26)28)39-23-8-11-32-27-22(23)9-15-38-27/h4-9,11-12,14-15,18,25,34H,10,13,16-17,19H2,1-3H3/t25?,40-/m0/s1. The number of nitrogens with zero attached hydrogens (tertiary/aromatic N) is 5. The first-order valence-corrected chi connectivity index (χ1v) is 16.5. The molecular formula is C30H32N6OS3. The molecule has 1 N–H and O–H groups in total. The molecule has 1 spiro atoms. The first-order chi connectivity index (χ1) is 19.3. The van der Waals surface area contributed by atoms with Gasteiger partial charge in [0.15, 0.2) is 5.65 Å². The van der Waals surface area contributed by atoms with Gasteiger partial charge in [0.25, 0.3) is 0 Å². The van der Waals surface area contributed by atoms with E-state index in [1.165, 1.54) is 11.1 Å². The second kappa shape index (κ2) is 9.94. The van der Waals surface area contributed by atoms with Gasteiger partial charge in [-0.3, -0.25) is 4.40 Å². The van der Waals surface area contributed by atoms with Crippen LogP contribution in [0.4, 0.5) is 5.95 Å². The quantitative estimate of drug-likeness (QED) is 0.275. The highest BCUT2D eigenvalue weighted by Gasteiger charge is 2.48. The molecule has 4 aromatic heterocycles. The Balaban J connectivity index is 1.21. The Morgan fingerprint density at radius 1 is 1.05 bits per heavy atom. The summed E-state index contributed by atoms with van der Waals surface area (Å²) in [4.78, 5) is 19.8. The van der Waals surface area contributed by atoms with Crippen LogP contribution in [-0.2, 0) is 23.8 Å². The van der Waals surface area contributed by atoms with E-state index in [1.54, 1.807) is 23.1 Å². The van der Waals surface area contributed by atoms with E-state index >= 15 is 0 Å². The van der Waals surface area contributed by atoms with Gasteiger partial charge in [0.1, 0.15) is 4.83 Å². The summed E-state index contributed by atoms with van der Waals surface area (Å²) in [6.45, 7) is 7.73. The van der Waals surface area contributed by atoms with Crippen molar-refractivity contribution in [1.82, 2.24) is 24.1 Å². The molecule has 40 heavy (non-hydrogen) atoms. The van der Waals surface area contributed by atoms with Crippen molar-refractivity contribution in [3.8, 4) is 0 Å². The van der Waals surface area contributed by atoms with Crippen molar-refractivity contribution in [3.63, 3.8) is 0 Å². The molecule has 1 fully saturated rings. The number of benzene rings is 1. The number of piperidine rings is 1. The van der Waals surface area contributed by atoms with E-state index in [2.05, 4.69) is 60.8 Å². The summed E-state index contributed by atoms with van der Waals surface area (Å²) in [7, 11) is -1.17. The fraction of sp³-hybridized carbons (Fsp3) is 0.367. The van der Waals surface area contributed by atoms with Crippen LogP contribution in [0.25, 0.3) is 15.9 Å². The van der Waals surface area contributed by atoms with Gasteiger partial charge in [-0.25, -0.2) is 23.9 Å². The fourth-order valence-electron chi connectivity index (χ4n) is 6.08. The van der Waals surface area contributed by atoms with Crippen LogP contribution >= 0.6 is 23.1 Å². The van der Waals surface area contributed by atoms with Crippen LogP contribution in [-0.4, -0.2) is 47.4 Å². The molecule has 0 bridgehead atoms. The van der Waals surface area contributed by atoms with Crippen LogP contribution in [0.1, 0.15) is 38.3 Å². The van der Waals surface area contributed by atoms with Crippen LogP contribution < -0.4 is 9.62 Å². The summed E-state index contributed by atoms with van der Waals surface area (Å²) in [5.74, 6) is 0.881. The second-order valence-corrected chi connectivity index (χ2v) is 15.8. The summed E-state index contributed by atoms with van der Waals surface area (Å²) in [6.07, 6.45) is 10.7. The normalized spacial score (nSPS) is 19.5. The zero-order chi connectivity index (χ0) is 27.5. The van der Waals surface area contributed by atoms with E-state index in [0.717, 1.165) is 64.0 Å². The zero-order valence-corrected chi connectivity index (χ0v) is 25.3. The first kappa shape index (κ1) is 26.1. The molecule has 0 saturated carbocycles. The summed E-state index contributed by atoms with van der Waals surface area (Å²) in [5.41, 5.74) is 3.79. The molecule has 7 nitrogen and oxygen atoms in total. The zero-order valence-electron chi connectivity index (χ0n) is 22.8. The van der Waals surface area contributed by atoms with Crippen LogP contribution in [0, 0.1) is 5.41 Å². The summed E-state index contributed by atoms with van der Waals surface area (Å²) < 4.78 is 18.8. The van der Waals surface area contributed by atoms with Crippen molar-refractivity contribution < 1.29 is 4.21 Å². The van der Waals surface area contributed by atoms with Gasteiger partial charge in [-0.15, -0.1) is 11.3 Å². The largest absolute Gasteiger partial charge is 0.340 e. The van der Waals surface area contributed by atoms with Crippen LogP contribution in [0.3, 0.4) is 0 Å². The van der Waals surface area contributed by atoms with E-state index in [0.29, 0.717) is 0 Å². The van der Waals surface area contributed by atoms with Crippen LogP contribution in [0.15, 0.2) is 76.4 Å². The van der Waals surface area contributed by atoms with Gasteiger partial charge in [-0.05, 0) is 74.1 Å². The molecule has 5 heterocycles. The highest BCUT2D eigenvalue weighted by atomic mass is 32.2. The smallest absolute Gasteiger partial charge is 0.211 e. The number of hydrogen-bond donors (Lipinski definition) is 1. The predicted octanol–water partition coefficient (Wildman–Crippen LogP) is 5.91. The Morgan fingerprint density at radius 3 is 2.62 bits per heavy atom. The molecule has 1 aliphatic carbocycles. The maximum absolute atomic E-state index is 13.4. The van der Waals surface area contributed by atoms with Crippen molar-refractivity contribution in [2.75, 3.05) is 18.0 Å². The minimum absolute atomic E-state index is 0.0399. The lowest BCUT2D eigenvalue weighted by molar-refractivity contribution is 0.181. The van der Waals surface area contributed by atoms with Crippen LogP contribution in [0.5, 0.6) is 0 Å². The van der Waals surface area contributed by atoms with E-state index in [4.69, 9.17) is 9.97 Å². The van der Waals surface area contributed by atoms with Gasteiger partial charge >= 0.3 is 0 Å². The molecular weight excluding hydrogens is 557 g/mol. The molecule has 206 valence electrons. The van der Waals surface area contributed by atoms with E-state index in [9.17, 15) is 4.21 Å². The van der Waals surface area contributed by atoms with Gasteiger partial charge in [-0.1, -0.05) is 36.0 Å². The van der Waals surface area contributed by atoms with Crippen molar-refractivity contribution in [2.45, 2.75) is 60.6 Å². The number of anilines is 1. The molecule has 5 aromatic rings. The van der Waals surface area contributed by atoms with Crippen molar-refractivity contribution in [1.29, 1.82) is 0 Å². The molecule has 0 amide bonds. The fourth-order valence-corrected chi connectivity index (χ4v) is 8.83. The van der Waals surface area contributed by atoms with Gasteiger partial charge < -0.3 is 4.90 Å². The number of aromatic nitrogens is 4. The maximum Gasteiger partial charge on any atom is 0.211 e. The van der Waals surface area contributed by atoms with E-state index in [-0.39, 0.29) is 16.2 Å². The summed E-state index contributed by atoms with van der Waals surface area (Å²) in [6, 6.07) is 13.0. The number of thiophene rings is 1. The number of imidazole rings is 1. The van der Waals surface area contributed by atoms with Crippen LogP contribution in [0.2, 0.25) is 0 Å². The van der Waals surface area contributed by atoms with Crippen molar-refractivity contribution >= 4 is 55.9 Å². The highest BCUT2D eigenvalue weighted by Crippen LogP contribution is 2.46. The third-order valence-corrected chi connectivity index (χ3v) is 11.8. The van der Waals surface area contributed by atoms with Gasteiger partial charge in [0.05, 0.1) is 20.6 Å². The predicted molar refractivity (Wildman–Crippen MR) is 165 cm³/mol. The minimum Gasteiger partial charge on any atom is -0.340 e. The molecule has 1 unspecified atom stereocenters. The Kier molecular flexibility index (Phi) is 6.49. The minimum atomic E-state index is -1.17. The Labute approximate surface area is 245 Å². The highest BCUT2D eigenvalue weighted by molar-refractivity contribution is 7.99. The molecule has 10 heteroatoms. The topological polar surface area (TPSA) is 75.4 Å². The molecule has 2 atom stereocenters. The first-order valence-electron chi connectivity index (χ1n) is 13.6. The number of hydrogen-bond acceptors (Lipinski definition) is 7.